The highest BCUT2D eigenvalue weighted by atomic mass is 16.3. The van der Waals surface area contributed by atoms with Gasteiger partial charge >= 0.3 is 0 Å². The van der Waals surface area contributed by atoms with Gasteiger partial charge in [-0.05, 0) is 217 Å². The van der Waals surface area contributed by atoms with Crippen LogP contribution in [0.3, 0.4) is 0 Å². The topological polar surface area (TPSA) is 83.8 Å². The highest BCUT2D eigenvalue weighted by Gasteiger charge is 2.38. The average Bonchev–Trinajstić information content (AvgIpc) is 1.55. The summed E-state index contributed by atoms with van der Waals surface area (Å²) in [6.07, 6.45) is 25.6. The molecule has 0 amide bonds. The van der Waals surface area contributed by atoms with Gasteiger partial charge in [0, 0.05) is 104 Å². The van der Waals surface area contributed by atoms with Crippen LogP contribution in [-0.4, -0.2) is 33.9 Å². The summed E-state index contributed by atoms with van der Waals surface area (Å²) in [6, 6.07) is 99.2. The molecule has 0 spiro atoms. The molecule has 520 valence electrons. The van der Waals surface area contributed by atoms with Crippen LogP contribution in [-0.2, 0) is 5.41 Å². The monoisotopic (exact) mass is 1420 g/mol. The molecular weight excluding hydrogens is 1350 g/mol. The smallest absolute Gasteiger partial charge is 0.159 e. The van der Waals surface area contributed by atoms with Gasteiger partial charge in [0.25, 0.3) is 0 Å². The molecule has 15 aromatic carbocycles. The molecule has 1 atom stereocenters. The van der Waals surface area contributed by atoms with Crippen LogP contribution in [0.15, 0.2) is 360 Å². The predicted octanol–water partition coefficient (Wildman–Crippen LogP) is 26.4. The number of anilines is 2. The van der Waals surface area contributed by atoms with Gasteiger partial charge in [-0.2, -0.15) is 0 Å². The molecule has 8 nitrogen and oxygen atoms in total. The molecule has 4 aromatic heterocycles. The molecule has 0 radical (unpaired) electrons. The Hall–Kier alpha value is -14.3. The summed E-state index contributed by atoms with van der Waals surface area (Å²) in [5, 5.41) is 15.5. The number of rotatable bonds is 10. The van der Waals surface area contributed by atoms with E-state index in [-0.39, 0.29) is 11.5 Å². The van der Waals surface area contributed by atoms with E-state index in [4.69, 9.17) is 23.8 Å². The van der Waals surface area contributed by atoms with Gasteiger partial charge in [-0.25, -0.2) is 15.0 Å². The molecule has 0 fully saturated rings. The van der Waals surface area contributed by atoms with Crippen LogP contribution in [0.5, 0.6) is 0 Å². The second-order valence-corrected chi connectivity index (χ2v) is 30.4. The molecule has 0 saturated heterocycles. The van der Waals surface area contributed by atoms with Crippen LogP contribution in [0.4, 0.5) is 11.4 Å². The maximum absolute atomic E-state index is 7.96. The highest BCUT2D eigenvalue weighted by molar-refractivity contribution is 6.38. The second-order valence-electron chi connectivity index (χ2n) is 30.4. The van der Waals surface area contributed by atoms with Gasteiger partial charge in [0.05, 0.1) is 23.8 Å². The Labute approximate surface area is 639 Å². The summed E-state index contributed by atoms with van der Waals surface area (Å²) in [5.74, 6) is 0.686. The van der Waals surface area contributed by atoms with E-state index in [0.717, 1.165) is 144 Å². The minimum atomic E-state index is -0.247. The Morgan fingerprint density at radius 2 is 1.09 bits per heavy atom. The van der Waals surface area contributed by atoms with E-state index >= 15 is 0 Å². The third-order valence-corrected chi connectivity index (χ3v) is 23.9. The molecule has 6 heterocycles. The van der Waals surface area contributed by atoms with Crippen molar-refractivity contribution < 1.29 is 8.83 Å². The molecule has 111 heavy (non-hydrogen) atoms. The normalized spacial score (nSPS) is 15.1. The van der Waals surface area contributed by atoms with E-state index in [2.05, 4.69) is 338 Å². The van der Waals surface area contributed by atoms with Crippen LogP contribution in [0.2, 0.25) is 0 Å². The molecule has 2 aliphatic heterocycles. The summed E-state index contributed by atoms with van der Waals surface area (Å²) in [7, 11) is 0. The zero-order valence-electron chi connectivity index (χ0n) is 60.7. The molecule has 8 heteroatoms. The number of pyridine rings is 1. The van der Waals surface area contributed by atoms with Crippen molar-refractivity contribution in [2.75, 3.05) is 16.3 Å². The fourth-order valence-electron chi connectivity index (χ4n) is 18.6. The van der Waals surface area contributed by atoms with Crippen molar-refractivity contribution >= 4 is 127 Å². The van der Waals surface area contributed by atoms with E-state index in [1.807, 2.05) is 37.2 Å². The van der Waals surface area contributed by atoms with Gasteiger partial charge < -0.3 is 18.6 Å². The molecule has 2 aliphatic carbocycles. The molecule has 1 unspecified atom stereocenters. The van der Waals surface area contributed by atoms with Crippen molar-refractivity contribution in [3.63, 3.8) is 0 Å². The van der Waals surface area contributed by atoms with Crippen LogP contribution in [0.1, 0.15) is 36.1 Å². The zero-order valence-corrected chi connectivity index (χ0v) is 60.7. The van der Waals surface area contributed by atoms with E-state index < -0.39 is 0 Å². The Morgan fingerprint density at radius 1 is 0.423 bits per heavy atom. The maximum atomic E-state index is 7.96. The molecule has 19 aromatic rings. The number of aromatic nitrogens is 3. The van der Waals surface area contributed by atoms with Crippen LogP contribution < -0.4 is 9.80 Å². The molecule has 0 saturated carbocycles. The van der Waals surface area contributed by atoms with Gasteiger partial charge in [-0.15, -0.1) is 0 Å². The number of aliphatic imine (C=N–C) groups is 1. The molecule has 4 aliphatic rings. The molecular formula is C103H66N6O2. The summed E-state index contributed by atoms with van der Waals surface area (Å²) >= 11 is 0. The lowest BCUT2D eigenvalue weighted by Gasteiger charge is -2.34. The summed E-state index contributed by atoms with van der Waals surface area (Å²) in [4.78, 5) is 25.0. The van der Waals surface area contributed by atoms with Crippen LogP contribution in [0.25, 0.3) is 187 Å². The Morgan fingerprint density at radius 3 is 1.92 bits per heavy atom. The van der Waals surface area contributed by atoms with Gasteiger partial charge in [-0.1, -0.05) is 232 Å². The quantitative estimate of drug-likeness (QED) is 0.126. The number of benzene rings is 14. The lowest BCUT2D eigenvalue weighted by atomic mass is 9.80. The van der Waals surface area contributed by atoms with E-state index in [9.17, 15) is 0 Å². The summed E-state index contributed by atoms with van der Waals surface area (Å²) in [6.45, 7) is 5.19. The van der Waals surface area contributed by atoms with Crippen molar-refractivity contribution in [3.05, 3.63) is 368 Å². The van der Waals surface area contributed by atoms with Crippen molar-refractivity contribution in [3.8, 4) is 78.1 Å². The highest BCUT2D eigenvalue weighted by Crippen LogP contribution is 2.55. The minimum Gasteiger partial charge on any atom is -0.456 e. The number of fused-ring (bicyclic) bond motifs is 9. The average molecular weight is 1420 g/mol. The summed E-state index contributed by atoms with van der Waals surface area (Å²) in [5.41, 5.74) is 26.8. The lowest BCUT2D eigenvalue weighted by Crippen LogP contribution is -2.33. The van der Waals surface area contributed by atoms with Crippen LogP contribution in [0, 0.1) is 0 Å². The third-order valence-electron chi connectivity index (χ3n) is 23.9. The van der Waals surface area contributed by atoms with E-state index in [1.54, 1.807) is 0 Å². The molecule has 23 rings (SSSR count). The first-order valence-corrected chi connectivity index (χ1v) is 38.1. The number of nitrogens with zero attached hydrogens (tertiary/aromatic N) is 6. The minimum absolute atomic E-state index is 0.143. The number of allylic oxidation sites excluding steroid dienone is 4. The van der Waals surface area contributed by atoms with E-state index in [0.29, 0.717) is 12.4 Å². The second kappa shape index (κ2) is 24.3. The van der Waals surface area contributed by atoms with E-state index in [1.165, 1.54) is 76.8 Å². The van der Waals surface area contributed by atoms with Crippen molar-refractivity contribution in [1.29, 1.82) is 0 Å². The first kappa shape index (κ1) is 62.8. The first-order valence-electron chi connectivity index (χ1n) is 38.1. The summed E-state index contributed by atoms with van der Waals surface area (Å²) < 4.78 is 15.4. The van der Waals surface area contributed by atoms with Crippen molar-refractivity contribution in [1.82, 2.24) is 15.0 Å². The molecule has 0 N–H and O–H groups in total. The van der Waals surface area contributed by atoms with Crippen molar-refractivity contribution in [2.45, 2.75) is 25.3 Å². The van der Waals surface area contributed by atoms with Gasteiger partial charge in [0.1, 0.15) is 16.7 Å². The van der Waals surface area contributed by atoms with Crippen LogP contribution >= 0.6 is 0 Å². The van der Waals surface area contributed by atoms with Gasteiger partial charge in [0.15, 0.2) is 11.4 Å². The van der Waals surface area contributed by atoms with Gasteiger partial charge in [0.2, 0.25) is 0 Å². The number of hydrogen-bond acceptors (Lipinski definition) is 8. The largest absolute Gasteiger partial charge is 0.456 e. The lowest BCUT2D eigenvalue weighted by molar-refractivity contribution is 0.661. The van der Waals surface area contributed by atoms with Crippen molar-refractivity contribution in [2.24, 2.45) is 4.99 Å². The molecule has 0 bridgehead atoms. The SMILES string of the molecule is CC1(C)c2ccccc2-c2cccc(-c3ncc(-c4cc5oc6cc(N7C=NC(c8ccncc8-c8ccccc8)=CC7)cc7c8ccc(-c9cccc(-c%10cccc(-c%11cccc%12ccccc%11%12)c%10)c9)c9oc%10c(N%11C=CC=C%12C=C(c%13ccc%14cc%15ccccc%15cc%14c%13)C=CC%12%11)ccc(c(c4)c5c67)c%10c98)cn3)c21. The third kappa shape index (κ3) is 9.86. The Balaban J connectivity index is 0.732. The zero-order chi connectivity index (χ0) is 73.2. The number of hydrogen-bond donors (Lipinski definition) is 0. The van der Waals surface area contributed by atoms with Gasteiger partial charge in [-0.3, -0.25) is 4.98 Å². The Bertz CT molecular complexity index is 7400. The maximum Gasteiger partial charge on any atom is 0.159 e. The standard InChI is InChI=1S/C103H66N6O2/c1-103(2)89-33-11-10-29-80(89)84-31-15-32-85(99(84)103)102-105-57-75(58-106-102)74-53-86-83-39-41-92(109-45-16-27-72-50-68(36-40-91(72)109)67-34-35-69-47-63-20-6-7-21-64(63)51-73(69)52-67)101-98(83)97-82(38-37-79(100(97)111-101)71-26-13-24-66(49-71)65-23-12-25-70(48-65)78-30-14-22-61-19-8-9-28-77(61)78)87-55-76(56-94-96(87)95(86)93(54-74)110-94)108-46-43-90(107-60-108)81-42-44-104-59-88(81)62-17-4-3-5-18-62/h3-45,47-60,91H,46H2,1-2H3. The first-order chi connectivity index (χ1) is 54.7. The fraction of sp³-hybridized carbons (Fsp3) is 0.0485. The predicted molar refractivity (Wildman–Crippen MR) is 461 cm³/mol. The fourth-order valence-corrected chi connectivity index (χ4v) is 18.6. The Kier molecular flexibility index (Phi) is 13.8. The number of furan rings is 2.